The fraction of sp³-hybridized carbons (Fsp3) is 0.526. The van der Waals surface area contributed by atoms with Gasteiger partial charge in [-0.25, -0.2) is 4.98 Å². The highest BCUT2D eigenvalue weighted by Gasteiger charge is 2.42. The number of rotatable bonds is 2. The monoisotopic (exact) mass is 339 g/mol. The molecule has 1 unspecified atom stereocenters. The normalized spacial score (nSPS) is 22.1. The van der Waals surface area contributed by atoms with Crippen LogP contribution in [0.5, 0.6) is 0 Å². The number of pyridine rings is 1. The maximum absolute atomic E-state index is 12.0. The van der Waals surface area contributed by atoms with Crippen molar-refractivity contribution in [1.82, 2.24) is 19.7 Å². The van der Waals surface area contributed by atoms with Crippen molar-refractivity contribution in [2.24, 2.45) is 7.05 Å². The summed E-state index contributed by atoms with van der Waals surface area (Å²) in [5.74, 6) is 1.24. The topological polar surface area (TPSA) is 63.1 Å². The molecule has 2 aliphatic heterocycles. The quantitative estimate of drug-likeness (QED) is 0.913. The van der Waals surface area contributed by atoms with E-state index in [1.165, 1.54) is 5.56 Å². The summed E-state index contributed by atoms with van der Waals surface area (Å²) in [6.45, 7) is 5.63. The molecule has 1 amide bonds. The van der Waals surface area contributed by atoms with Crippen LogP contribution in [0.3, 0.4) is 0 Å². The van der Waals surface area contributed by atoms with E-state index in [-0.39, 0.29) is 11.4 Å². The molecule has 1 atom stereocenters. The number of nitrogens with zero attached hydrogens (tertiary/aromatic N) is 4. The number of aryl methyl sites for hydroxylation is 3. The van der Waals surface area contributed by atoms with Crippen LogP contribution in [0.25, 0.3) is 11.1 Å². The first-order valence-electron chi connectivity index (χ1n) is 9.05. The molecule has 1 saturated heterocycles. The van der Waals surface area contributed by atoms with Gasteiger partial charge >= 0.3 is 0 Å². The van der Waals surface area contributed by atoms with Crippen LogP contribution >= 0.6 is 0 Å². The van der Waals surface area contributed by atoms with Crippen LogP contribution in [0.2, 0.25) is 0 Å². The molecule has 0 bridgehead atoms. The average Bonchev–Trinajstić information content (AvgIpc) is 3.20. The number of carbonyl (C=O) groups excluding carboxylic acids is 1. The third kappa shape index (κ3) is 2.79. The lowest BCUT2D eigenvalue weighted by atomic mass is 9.86. The van der Waals surface area contributed by atoms with E-state index in [0.29, 0.717) is 6.42 Å². The van der Waals surface area contributed by atoms with Crippen LogP contribution in [-0.4, -0.2) is 44.2 Å². The lowest BCUT2D eigenvalue weighted by Crippen LogP contribution is -2.45. The van der Waals surface area contributed by atoms with E-state index in [1.54, 1.807) is 0 Å². The summed E-state index contributed by atoms with van der Waals surface area (Å²) in [5.41, 5.74) is 4.52. The zero-order chi connectivity index (χ0) is 17.6. The summed E-state index contributed by atoms with van der Waals surface area (Å²) in [5, 5.41) is 7.95. The van der Waals surface area contributed by atoms with Gasteiger partial charge in [-0.2, -0.15) is 5.10 Å². The number of carbonyl (C=O) groups is 1. The van der Waals surface area contributed by atoms with Crippen LogP contribution in [0.4, 0.5) is 5.82 Å². The number of amides is 1. The van der Waals surface area contributed by atoms with Crippen LogP contribution in [0, 0.1) is 6.92 Å². The summed E-state index contributed by atoms with van der Waals surface area (Å²) in [6.07, 6.45) is 7.54. The zero-order valence-electron chi connectivity index (χ0n) is 15.2. The summed E-state index contributed by atoms with van der Waals surface area (Å²) >= 11 is 0. The van der Waals surface area contributed by atoms with E-state index in [4.69, 9.17) is 4.98 Å². The first kappa shape index (κ1) is 16.1. The van der Waals surface area contributed by atoms with Gasteiger partial charge in [-0.3, -0.25) is 9.48 Å². The number of nitrogens with one attached hydrogen (secondary N) is 1. The summed E-state index contributed by atoms with van der Waals surface area (Å²) in [7, 11) is 1.93. The van der Waals surface area contributed by atoms with Gasteiger partial charge in [0.15, 0.2) is 0 Å². The van der Waals surface area contributed by atoms with Crippen molar-refractivity contribution < 1.29 is 4.79 Å². The number of anilines is 1. The molecule has 1 N–H and O–H groups in total. The molecule has 25 heavy (non-hydrogen) atoms. The van der Waals surface area contributed by atoms with Crippen molar-refractivity contribution >= 4 is 11.7 Å². The largest absolute Gasteiger partial charge is 0.363 e. The van der Waals surface area contributed by atoms with E-state index in [1.807, 2.05) is 42.9 Å². The number of likely N-dealkylation sites (tertiary alicyclic amines) is 1. The summed E-state index contributed by atoms with van der Waals surface area (Å²) in [4.78, 5) is 18.9. The fourth-order valence-corrected chi connectivity index (χ4v) is 4.10. The maximum Gasteiger partial charge on any atom is 0.222 e. The molecule has 0 radical (unpaired) electrons. The van der Waals surface area contributed by atoms with E-state index in [2.05, 4.69) is 16.5 Å². The standard InChI is InChI=1S/C19H25N5O/c1-4-17(25)24-8-7-19(12-24)6-5-14-9-16(13(2)21-18(14)22-19)15-10-20-23(3)11-15/h9-11H,4-8,12H2,1-3H3,(H,21,22). The van der Waals surface area contributed by atoms with Gasteiger partial charge in [-0.1, -0.05) is 6.92 Å². The molecule has 0 aliphatic carbocycles. The Morgan fingerprint density at radius 1 is 1.40 bits per heavy atom. The number of fused-ring (bicyclic) bond motifs is 1. The van der Waals surface area contributed by atoms with Crippen LogP contribution < -0.4 is 5.32 Å². The number of hydrogen-bond acceptors (Lipinski definition) is 4. The van der Waals surface area contributed by atoms with Gasteiger partial charge in [-0.05, 0) is 37.8 Å². The predicted molar refractivity (Wildman–Crippen MR) is 97.3 cm³/mol. The second kappa shape index (κ2) is 5.86. The third-order valence-electron chi connectivity index (χ3n) is 5.57. The first-order chi connectivity index (χ1) is 12.0. The Hall–Kier alpha value is -2.37. The average molecular weight is 339 g/mol. The molecule has 4 heterocycles. The molecule has 132 valence electrons. The highest BCUT2D eigenvalue weighted by atomic mass is 16.2. The lowest BCUT2D eigenvalue weighted by molar-refractivity contribution is -0.129. The molecule has 0 saturated carbocycles. The van der Waals surface area contributed by atoms with Gasteiger partial charge in [0.1, 0.15) is 5.82 Å². The molecular formula is C19H25N5O. The van der Waals surface area contributed by atoms with E-state index in [9.17, 15) is 4.79 Å². The van der Waals surface area contributed by atoms with Crippen LogP contribution in [-0.2, 0) is 18.3 Å². The maximum atomic E-state index is 12.0. The van der Waals surface area contributed by atoms with Crippen molar-refractivity contribution in [2.45, 2.75) is 45.1 Å². The van der Waals surface area contributed by atoms with Gasteiger partial charge < -0.3 is 10.2 Å². The molecule has 1 spiro atoms. The van der Waals surface area contributed by atoms with Crippen LogP contribution in [0.15, 0.2) is 18.5 Å². The Bertz CT molecular complexity index is 827. The van der Waals surface area contributed by atoms with Gasteiger partial charge in [-0.15, -0.1) is 0 Å². The van der Waals surface area contributed by atoms with Crippen molar-refractivity contribution in [1.29, 1.82) is 0 Å². The van der Waals surface area contributed by atoms with E-state index >= 15 is 0 Å². The van der Waals surface area contributed by atoms with E-state index < -0.39 is 0 Å². The molecule has 1 fully saturated rings. The van der Waals surface area contributed by atoms with Gasteiger partial charge in [0.2, 0.25) is 5.91 Å². The molecular weight excluding hydrogens is 314 g/mol. The summed E-state index contributed by atoms with van der Waals surface area (Å²) in [6, 6.07) is 2.25. The Labute approximate surface area is 148 Å². The molecule has 2 aliphatic rings. The summed E-state index contributed by atoms with van der Waals surface area (Å²) < 4.78 is 1.82. The molecule has 0 aromatic carbocycles. The minimum atomic E-state index is -0.00686. The fourth-order valence-electron chi connectivity index (χ4n) is 4.10. The Morgan fingerprint density at radius 2 is 2.24 bits per heavy atom. The Balaban J connectivity index is 1.60. The minimum absolute atomic E-state index is 0.00686. The number of aromatic nitrogens is 3. The van der Waals surface area contributed by atoms with Gasteiger partial charge in [0.25, 0.3) is 0 Å². The SMILES string of the molecule is CCC(=O)N1CCC2(CCc3cc(-c4cnn(C)c4)c(C)nc3N2)C1. The number of hydrogen-bond donors (Lipinski definition) is 1. The Kier molecular flexibility index (Phi) is 3.78. The molecule has 2 aromatic rings. The predicted octanol–water partition coefficient (Wildman–Crippen LogP) is 2.53. The second-order valence-corrected chi connectivity index (χ2v) is 7.36. The highest BCUT2D eigenvalue weighted by Crippen LogP contribution is 2.38. The minimum Gasteiger partial charge on any atom is -0.363 e. The van der Waals surface area contributed by atoms with Crippen LogP contribution in [0.1, 0.15) is 37.4 Å². The van der Waals surface area contributed by atoms with Crippen molar-refractivity contribution in [3.05, 3.63) is 29.7 Å². The van der Waals surface area contributed by atoms with Crippen molar-refractivity contribution in [3.63, 3.8) is 0 Å². The van der Waals surface area contributed by atoms with Crippen molar-refractivity contribution in [2.75, 3.05) is 18.4 Å². The van der Waals surface area contributed by atoms with E-state index in [0.717, 1.165) is 55.0 Å². The lowest BCUT2D eigenvalue weighted by Gasteiger charge is -2.36. The van der Waals surface area contributed by atoms with Gasteiger partial charge in [0, 0.05) is 49.6 Å². The molecule has 2 aromatic heterocycles. The third-order valence-corrected chi connectivity index (χ3v) is 5.57. The second-order valence-electron chi connectivity index (χ2n) is 7.36. The highest BCUT2D eigenvalue weighted by molar-refractivity contribution is 5.76. The zero-order valence-corrected chi connectivity index (χ0v) is 15.2. The molecule has 6 nitrogen and oxygen atoms in total. The Morgan fingerprint density at radius 3 is 2.96 bits per heavy atom. The van der Waals surface area contributed by atoms with Gasteiger partial charge in [0.05, 0.1) is 11.7 Å². The van der Waals surface area contributed by atoms with Crippen molar-refractivity contribution in [3.8, 4) is 11.1 Å². The molecule has 6 heteroatoms. The molecule has 4 rings (SSSR count). The smallest absolute Gasteiger partial charge is 0.222 e. The first-order valence-corrected chi connectivity index (χ1v) is 9.05.